The Balaban J connectivity index is 3.28. The highest BCUT2D eigenvalue weighted by Gasteiger charge is 2.52. The van der Waals surface area contributed by atoms with Gasteiger partial charge in [-0.3, -0.25) is 4.79 Å². The largest absolute Gasteiger partial charge is 0.457 e. The van der Waals surface area contributed by atoms with Gasteiger partial charge in [0.25, 0.3) is 0 Å². The number of methoxy groups -OCH3 is 1. The minimum absolute atomic E-state index is 0.363. The number of hydrogen-bond donors (Lipinski definition) is 0. The first-order valence-electron chi connectivity index (χ1n) is 9.87. The summed E-state index contributed by atoms with van der Waals surface area (Å²) in [5.74, 6) is -0.375. The summed E-state index contributed by atoms with van der Waals surface area (Å²) in [6.45, 7) is 20.7. The monoisotopic (exact) mass is 452 g/mol. The SMILES string of the molecule is COC1OC(CO[Si](C)(C)C)C(O[Si](C)(C)C)C(OC(C)=O)C1O[Si](C)(C)C. The van der Waals surface area contributed by atoms with Crippen LogP contribution in [0.4, 0.5) is 0 Å². The van der Waals surface area contributed by atoms with E-state index in [0.717, 1.165) is 0 Å². The van der Waals surface area contributed by atoms with E-state index in [4.69, 9.17) is 27.5 Å². The molecule has 0 radical (unpaired) electrons. The average Bonchev–Trinajstić information content (AvgIpc) is 2.45. The van der Waals surface area contributed by atoms with Crippen LogP contribution in [0.1, 0.15) is 6.92 Å². The molecule has 166 valence electrons. The molecule has 0 aromatic rings. The molecule has 5 unspecified atom stereocenters. The number of rotatable bonds is 9. The predicted octanol–water partition coefficient (Wildman–Crippen LogP) is 3.58. The second kappa shape index (κ2) is 9.82. The minimum Gasteiger partial charge on any atom is -0.457 e. The van der Waals surface area contributed by atoms with Crippen molar-refractivity contribution in [2.24, 2.45) is 0 Å². The van der Waals surface area contributed by atoms with Gasteiger partial charge in [0.1, 0.15) is 18.3 Å². The summed E-state index contributed by atoms with van der Waals surface area (Å²) in [6.07, 6.45) is -2.71. The summed E-state index contributed by atoms with van der Waals surface area (Å²) in [7, 11) is -4.14. The van der Waals surface area contributed by atoms with Crippen LogP contribution in [0.3, 0.4) is 0 Å². The zero-order chi connectivity index (χ0) is 21.9. The van der Waals surface area contributed by atoms with Crippen LogP contribution >= 0.6 is 0 Å². The van der Waals surface area contributed by atoms with Crippen molar-refractivity contribution in [1.29, 1.82) is 0 Å². The van der Waals surface area contributed by atoms with Gasteiger partial charge in [0, 0.05) is 14.0 Å². The fourth-order valence-corrected chi connectivity index (χ4v) is 5.77. The lowest BCUT2D eigenvalue weighted by molar-refractivity contribution is -0.289. The Labute approximate surface area is 173 Å². The van der Waals surface area contributed by atoms with Gasteiger partial charge in [0.15, 0.2) is 37.3 Å². The van der Waals surface area contributed by atoms with E-state index in [0.29, 0.717) is 6.61 Å². The van der Waals surface area contributed by atoms with Crippen molar-refractivity contribution in [3.63, 3.8) is 0 Å². The quantitative estimate of drug-likeness (QED) is 0.391. The molecule has 0 N–H and O–H groups in total. The lowest BCUT2D eigenvalue weighted by Crippen LogP contribution is -2.65. The van der Waals surface area contributed by atoms with Crippen molar-refractivity contribution in [2.45, 2.75) is 96.6 Å². The van der Waals surface area contributed by atoms with Crippen molar-refractivity contribution in [1.82, 2.24) is 0 Å². The molecule has 0 aliphatic carbocycles. The zero-order valence-electron chi connectivity index (χ0n) is 19.5. The van der Waals surface area contributed by atoms with Gasteiger partial charge in [-0.2, -0.15) is 0 Å². The lowest BCUT2D eigenvalue weighted by Gasteiger charge is -2.48. The maximum absolute atomic E-state index is 11.9. The Bertz CT molecular complexity index is 511. The lowest BCUT2D eigenvalue weighted by atomic mass is 9.99. The van der Waals surface area contributed by atoms with Crippen LogP contribution in [0.25, 0.3) is 0 Å². The van der Waals surface area contributed by atoms with Gasteiger partial charge in [-0.1, -0.05) is 0 Å². The Hall–Kier alpha value is -0.0794. The van der Waals surface area contributed by atoms with E-state index in [1.807, 2.05) is 0 Å². The van der Waals surface area contributed by atoms with E-state index in [9.17, 15) is 4.79 Å². The third-order valence-corrected chi connectivity index (χ3v) is 6.78. The molecule has 1 fully saturated rings. The topological polar surface area (TPSA) is 72.5 Å². The number of carbonyl (C=O) groups is 1. The van der Waals surface area contributed by atoms with Crippen LogP contribution in [0, 0.1) is 0 Å². The Kier molecular flexibility index (Phi) is 9.10. The van der Waals surface area contributed by atoms with Crippen LogP contribution in [0.2, 0.25) is 58.9 Å². The second-order valence-corrected chi connectivity index (χ2v) is 23.6. The maximum atomic E-state index is 11.9. The minimum atomic E-state index is -1.98. The molecule has 0 saturated carbocycles. The molecule has 1 saturated heterocycles. The standard InChI is InChI=1S/C18H40O7Si3/c1-13(19)22-16-15(24-27(6,7)8)14(12-21-26(3,4)5)23-18(20-2)17(16)25-28(9,10)11/h14-18H,12H2,1-11H3. The zero-order valence-corrected chi connectivity index (χ0v) is 22.5. The number of hydrogen-bond acceptors (Lipinski definition) is 7. The molecule has 5 atom stereocenters. The van der Waals surface area contributed by atoms with Crippen molar-refractivity contribution in [3.05, 3.63) is 0 Å². The molecule has 1 heterocycles. The highest BCUT2D eigenvalue weighted by atomic mass is 28.4. The van der Waals surface area contributed by atoms with Gasteiger partial charge < -0.3 is 27.5 Å². The Morgan fingerprint density at radius 2 is 1.32 bits per heavy atom. The molecule has 1 rings (SSSR count). The molecule has 0 aromatic heterocycles. The first kappa shape index (κ1) is 26.0. The van der Waals surface area contributed by atoms with Gasteiger partial charge >= 0.3 is 5.97 Å². The van der Waals surface area contributed by atoms with Crippen LogP contribution < -0.4 is 0 Å². The summed E-state index contributed by atoms with van der Waals surface area (Å²) >= 11 is 0. The summed E-state index contributed by atoms with van der Waals surface area (Å²) in [5.41, 5.74) is 0. The molecule has 28 heavy (non-hydrogen) atoms. The highest BCUT2D eigenvalue weighted by Crippen LogP contribution is 2.32. The van der Waals surface area contributed by atoms with Gasteiger partial charge in [-0.15, -0.1) is 0 Å². The number of esters is 1. The molecule has 0 amide bonds. The van der Waals surface area contributed by atoms with Gasteiger partial charge in [-0.25, -0.2) is 0 Å². The third-order valence-electron chi connectivity index (χ3n) is 3.79. The van der Waals surface area contributed by atoms with Crippen LogP contribution in [-0.2, 0) is 32.3 Å². The van der Waals surface area contributed by atoms with Crippen molar-refractivity contribution >= 4 is 30.9 Å². The first-order chi connectivity index (χ1) is 12.5. The van der Waals surface area contributed by atoms with E-state index < -0.39 is 55.7 Å². The van der Waals surface area contributed by atoms with Crippen LogP contribution in [0.15, 0.2) is 0 Å². The first-order valence-corrected chi connectivity index (χ1v) is 20.1. The second-order valence-electron chi connectivity index (χ2n) is 10.2. The number of carbonyl (C=O) groups excluding carboxylic acids is 1. The molecule has 7 nitrogen and oxygen atoms in total. The summed E-state index contributed by atoms with van der Waals surface area (Å²) in [6, 6.07) is 0. The normalized spacial score (nSPS) is 29.6. The van der Waals surface area contributed by atoms with E-state index in [1.54, 1.807) is 7.11 Å². The molecule has 1 aliphatic heterocycles. The van der Waals surface area contributed by atoms with Crippen molar-refractivity contribution in [2.75, 3.05) is 13.7 Å². The molecular formula is C18H40O7Si3. The van der Waals surface area contributed by atoms with Crippen molar-refractivity contribution in [3.8, 4) is 0 Å². The van der Waals surface area contributed by atoms with Crippen LogP contribution in [-0.4, -0.2) is 75.3 Å². The van der Waals surface area contributed by atoms with Gasteiger partial charge in [0.05, 0.1) is 6.61 Å². The van der Waals surface area contributed by atoms with E-state index in [2.05, 4.69) is 58.9 Å². The summed E-state index contributed by atoms with van der Waals surface area (Å²) < 4.78 is 36.5. The van der Waals surface area contributed by atoms with Crippen LogP contribution in [0.5, 0.6) is 0 Å². The summed E-state index contributed by atoms with van der Waals surface area (Å²) in [4.78, 5) is 11.9. The molecule has 0 aromatic carbocycles. The Morgan fingerprint density at radius 3 is 1.71 bits per heavy atom. The predicted molar refractivity (Wildman–Crippen MR) is 117 cm³/mol. The fourth-order valence-electron chi connectivity index (χ4n) is 2.94. The molecule has 1 aliphatic rings. The molecule has 0 spiro atoms. The number of ether oxygens (including phenoxy) is 3. The third kappa shape index (κ3) is 9.16. The Morgan fingerprint density at radius 1 is 0.821 bits per heavy atom. The van der Waals surface area contributed by atoms with E-state index in [-0.39, 0.29) is 5.97 Å². The van der Waals surface area contributed by atoms with Gasteiger partial charge in [0.2, 0.25) is 0 Å². The molecule has 0 bridgehead atoms. The van der Waals surface area contributed by atoms with E-state index >= 15 is 0 Å². The molecule has 10 heteroatoms. The fraction of sp³-hybridized carbons (Fsp3) is 0.944. The smallest absolute Gasteiger partial charge is 0.303 e. The highest BCUT2D eigenvalue weighted by molar-refractivity contribution is 6.70. The molecular weight excluding hydrogens is 412 g/mol. The average molecular weight is 453 g/mol. The summed E-state index contributed by atoms with van der Waals surface area (Å²) in [5, 5.41) is 0. The van der Waals surface area contributed by atoms with Crippen molar-refractivity contribution < 1.29 is 32.3 Å². The van der Waals surface area contributed by atoms with Gasteiger partial charge in [-0.05, 0) is 58.9 Å². The van der Waals surface area contributed by atoms with E-state index in [1.165, 1.54) is 6.92 Å². The maximum Gasteiger partial charge on any atom is 0.303 e.